The van der Waals surface area contributed by atoms with Crippen molar-refractivity contribution in [1.29, 1.82) is 0 Å². The molecule has 0 radical (unpaired) electrons. The molecule has 2 nitrogen and oxygen atoms in total. The minimum Gasteiger partial charge on any atom is -0.497 e. The Kier molecular flexibility index (Phi) is 4.45. The summed E-state index contributed by atoms with van der Waals surface area (Å²) in [4.78, 5) is 0. The Hall–Kier alpha value is -1.96. The van der Waals surface area contributed by atoms with Crippen LogP contribution in [0.5, 0.6) is 5.75 Å². The van der Waals surface area contributed by atoms with Crippen LogP contribution in [0, 0.1) is 5.92 Å². The van der Waals surface area contributed by atoms with E-state index in [1.54, 1.807) is 7.11 Å². The molecule has 0 fully saturated rings. The first-order chi connectivity index (χ1) is 9.20. The van der Waals surface area contributed by atoms with Crippen molar-refractivity contribution < 1.29 is 4.74 Å². The molecule has 2 aromatic carbocycles. The van der Waals surface area contributed by atoms with Crippen LogP contribution in [-0.4, -0.2) is 7.11 Å². The Bertz CT molecular complexity index is 508. The van der Waals surface area contributed by atoms with Gasteiger partial charge >= 0.3 is 0 Å². The van der Waals surface area contributed by atoms with Gasteiger partial charge in [0.2, 0.25) is 0 Å². The maximum absolute atomic E-state index is 5.26. The van der Waals surface area contributed by atoms with Gasteiger partial charge in [-0.15, -0.1) is 0 Å². The Morgan fingerprint density at radius 3 is 2.32 bits per heavy atom. The second-order valence-electron chi connectivity index (χ2n) is 5.01. The molecular weight excluding hydrogens is 234 g/mol. The molecule has 0 saturated heterocycles. The summed E-state index contributed by atoms with van der Waals surface area (Å²) >= 11 is 0. The number of hydrogen-bond acceptors (Lipinski definition) is 2. The zero-order chi connectivity index (χ0) is 13.7. The molecule has 0 aliphatic rings. The second-order valence-corrected chi connectivity index (χ2v) is 5.01. The molecule has 0 aromatic heterocycles. The average Bonchev–Trinajstić information content (AvgIpc) is 2.45. The average molecular weight is 255 g/mol. The van der Waals surface area contributed by atoms with Gasteiger partial charge in [0.15, 0.2) is 0 Å². The van der Waals surface area contributed by atoms with Crippen molar-refractivity contribution >= 4 is 5.69 Å². The van der Waals surface area contributed by atoms with Crippen molar-refractivity contribution in [3.63, 3.8) is 0 Å². The molecule has 2 aromatic rings. The van der Waals surface area contributed by atoms with Crippen LogP contribution < -0.4 is 10.1 Å². The lowest BCUT2D eigenvalue weighted by Crippen LogP contribution is -2.16. The van der Waals surface area contributed by atoms with E-state index in [0.29, 0.717) is 12.0 Å². The van der Waals surface area contributed by atoms with E-state index in [9.17, 15) is 0 Å². The number of methoxy groups -OCH3 is 1. The Labute approximate surface area is 115 Å². The van der Waals surface area contributed by atoms with Gasteiger partial charge in [-0.05, 0) is 23.6 Å². The topological polar surface area (TPSA) is 21.3 Å². The molecule has 1 atom stereocenters. The van der Waals surface area contributed by atoms with Gasteiger partial charge in [0, 0.05) is 11.8 Å². The lowest BCUT2D eigenvalue weighted by Gasteiger charge is -2.24. The molecular formula is C17H21NO. The van der Waals surface area contributed by atoms with E-state index in [0.717, 1.165) is 11.4 Å². The molecule has 19 heavy (non-hydrogen) atoms. The monoisotopic (exact) mass is 255 g/mol. The fourth-order valence-corrected chi connectivity index (χ4v) is 2.19. The Balaban J connectivity index is 2.21. The summed E-state index contributed by atoms with van der Waals surface area (Å²) in [6.07, 6.45) is 0. The fourth-order valence-electron chi connectivity index (χ4n) is 2.19. The SMILES string of the molecule is COc1cccc(NC(c2ccccc2)C(C)C)c1. The molecule has 0 aliphatic carbocycles. The van der Waals surface area contributed by atoms with Crippen LogP contribution in [0.25, 0.3) is 0 Å². The number of ether oxygens (including phenoxy) is 1. The summed E-state index contributed by atoms with van der Waals surface area (Å²) in [5, 5.41) is 3.59. The summed E-state index contributed by atoms with van der Waals surface area (Å²) in [6.45, 7) is 4.45. The van der Waals surface area contributed by atoms with Gasteiger partial charge in [0.25, 0.3) is 0 Å². The maximum atomic E-state index is 5.26. The lowest BCUT2D eigenvalue weighted by atomic mass is 9.96. The highest BCUT2D eigenvalue weighted by molar-refractivity contribution is 5.50. The van der Waals surface area contributed by atoms with Crippen molar-refractivity contribution in [1.82, 2.24) is 0 Å². The van der Waals surface area contributed by atoms with Gasteiger partial charge in [-0.1, -0.05) is 50.2 Å². The van der Waals surface area contributed by atoms with E-state index in [1.165, 1.54) is 5.56 Å². The molecule has 1 unspecified atom stereocenters. The third-order valence-corrected chi connectivity index (χ3v) is 3.22. The number of benzene rings is 2. The highest BCUT2D eigenvalue weighted by Gasteiger charge is 2.15. The quantitative estimate of drug-likeness (QED) is 0.849. The van der Waals surface area contributed by atoms with Crippen molar-refractivity contribution in [3.05, 3.63) is 60.2 Å². The predicted molar refractivity (Wildman–Crippen MR) is 80.6 cm³/mol. The van der Waals surface area contributed by atoms with Crippen LogP contribution in [-0.2, 0) is 0 Å². The van der Waals surface area contributed by atoms with E-state index >= 15 is 0 Å². The molecule has 0 saturated carbocycles. The van der Waals surface area contributed by atoms with Gasteiger partial charge < -0.3 is 10.1 Å². The lowest BCUT2D eigenvalue weighted by molar-refractivity contribution is 0.415. The normalized spacial score (nSPS) is 12.2. The van der Waals surface area contributed by atoms with E-state index in [4.69, 9.17) is 4.74 Å². The first-order valence-electron chi connectivity index (χ1n) is 6.66. The molecule has 0 heterocycles. The fraction of sp³-hybridized carbons (Fsp3) is 0.294. The highest BCUT2D eigenvalue weighted by Crippen LogP contribution is 2.27. The van der Waals surface area contributed by atoms with Crippen LogP contribution in [0.15, 0.2) is 54.6 Å². The first kappa shape index (κ1) is 13.5. The van der Waals surface area contributed by atoms with Gasteiger partial charge in [0.05, 0.1) is 13.2 Å². The third kappa shape index (κ3) is 3.50. The van der Waals surface area contributed by atoms with Crippen LogP contribution in [0.2, 0.25) is 0 Å². The van der Waals surface area contributed by atoms with Gasteiger partial charge in [0.1, 0.15) is 5.75 Å². The standard InChI is InChI=1S/C17H21NO/c1-13(2)17(14-8-5-4-6-9-14)18-15-10-7-11-16(12-15)19-3/h4-13,17-18H,1-3H3. The maximum Gasteiger partial charge on any atom is 0.120 e. The van der Waals surface area contributed by atoms with Crippen LogP contribution in [0.3, 0.4) is 0 Å². The largest absolute Gasteiger partial charge is 0.497 e. The Morgan fingerprint density at radius 2 is 1.68 bits per heavy atom. The summed E-state index contributed by atoms with van der Waals surface area (Å²) in [7, 11) is 1.69. The summed E-state index contributed by atoms with van der Waals surface area (Å²) in [5.74, 6) is 1.38. The molecule has 2 rings (SSSR count). The first-order valence-corrected chi connectivity index (χ1v) is 6.66. The van der Waals surface area contributed by atoms with Crippen LogP contribution in [0.1, 0.15) is 25.5 Å². The zero-order valence-electron chi connectivity index (χ0n) is 11.8. The van der Waals surface area contributed by atoms with Crippen molar-refractivity contribution in [2.75, 3.05) is 12.4 Å². The third-order valence-electron chi connectivity index (χ3n) is 3.22. The number of nitrogens with one attached hydrogen (secondary N) is 1. The summed E-state index contributed by atoms with van der Waals surface area (Å²) in [5.41, 5.74) is 2.39. The molecule has 100 valence electrons. The highest BCUT2D eigenvalue weighted by atomic mass is 16.5. The second kappa shape index (κ2) is 6.28. The van der Waals surface area contributed by atoms with Gasteiger partial charge in [-0.25, -0.2) is 0 Å². The molecule has 2 heteroatoms. The zero-order valence-corrected chi connectivity index (χ0v) is 11.8. The minimum atomic E-state index is 0.299. The minimum absolute atomic E-state index is 0.299. The number of anilines is 1. The summed E-state index contributed by atoms with van der Waals surface area (Å²) < 4.78 is 5.26. The van der Waals surface area contributed by atoms with E-state index in [2.05, 4.69) is 49.5 Å². The molecule has 0 aliphatic heterocycles. The van der Waals surface area contributed by atoms with Crippen molar-refractivity contribution in [2.45, 2.75) is 19.9 Å². The molecule has 0 spiro atoms. The smallest absolute Gasteiger partial charge is 0.120 e. The number of rotatable bonds is 5. The number of hydrogen-bond donors (Lipinski definition) is 1. The van der Waals surface area contributed by atoms with E-state index in [1.807, 2.05) is 24.3 Å². The van der Waals surface area contributed by atoms with Crippen molar-refractivity contribution in [3.8, 4) is 5.75 Å². The molecule has 1 N–H and O–H groups in total. The van der Waals surface area contributed by atoms with Crippen LogP contribution in [0.4, 0.5) is 5.69 Å². The van der Waals surface area contributed by atoms with Gasteiger partial charge in [-0.3, -0.25) is 0 Å². The summed E-state index contributed by atoms with van der Waals surface area (Å²) in [6, 6.07) is 18.9. The van der Waals surface area contributed by atoms with E-state index < -0.39 is 0 Å². The Morgan fingerprint density at radius 1 is 0.947 bits per heavy atom. The molecule has 0 bridgehead atoms. The predicted octanol–water partition coefficient (Wildman–Crippen LogP) is 4.50. The molecule has 0 amide bonds. The van der Waals surface area contributed by atoms with Gasteiger partial charge in [-0.2, -0.15) is 0 Å². The van der Waals surface area contributed by atoms with Crippen molar-refractivity contribution in [2.24, 2.45) is 5.92 Å². The van der Waals surface area contributed by atoms with Crippen LogP contribution >= 0.6 is 0 Å². The van der Waals surface area contributed by atoms with E-state index in [-0.39, 0.29) is 0 Å².